The molecule has 2 aliphatic heterocycles. The number of hydrogen-bond donors (Lipinski definition) is 0. The summed E-state index contributed by atoms with van der Waals surface area (Å²) in [6.07, 6.45) is 4.95. The molecule has 4 rings (SSSR count). The van der Waals surface area contributed by atoms with E-state index in [9.17, 15) is 8.42 Å². The Morgan fingerprint density at radius 2 is 2.14 bits per heavy atom. The molecule has 3 heterocycles. The smallest absolute Gasteiger partial charge is 0.246 e. The first-order valence-corrected chi connectivity index (χ1v) is 8.98. The van der Waals surface area contributed by atoms with Crippen LogP contribution in [0.1, 0.15) is 25.0 Å². The van der Waals surface area contributed by atoms with E-state index in [1.165, 1.54) is 12.6 Å². The molecule has 0 amide bonds. The summed E-state index contributed by atoms with van der Waals surface area (Å²) in [5.41, 5.74) is 0.865. The topological polar surface area (TPSA) is 64.4 Å². The highest BCUT2D eigenvalue weighted by atomic mass is 32.2. The highest BCUT2D eigenvalue weighted by Crippen LogP contribution is 2.56. The van der Waals surface area contributed by atoms with Crippen LogP contribution in [0.5, 0.6) is 0 Å². The van der Waals surface area contributed by atoms with Crippen molar-refractivity contribution >= 4 is 10.0 Å². The number of ether oxygens (including phenoxy) is 1. The van der Waals surface area contributed by atoms with Crippen molar-refractivity contribution in [2.75, 3.05) is 19.8 Å². The molecule has 1 aliphatic carbocycles. The van der Waals surface area contributed by atoms with E-state index in [-0.39, 0.29) is 11.5 Å². The molecule has 116 valence electrons. The third kappa shape index (κ3) is 1.71. The van der Waals surface area contributed by atoms with E-state index in [0.29, 0.717) is 36.3 Å². The number of hydrogen-bond acceptors (Lipinski definition) is 4. The Balaban J connectivity index is 1.74. The maximum absolute atomic E-state index is 13.1. The Hall–Kier alpha value is -0.920. The molecule has 3 aliphatic rings. The fourth-order valence-electron chi connectivity index (χ4n) is 4.24. The Bertz CT molecular complexity index is 678. The van der Waals surface area contributed by atoms with Crippen LogP contribution in [-0.4, -0.2) is 48.3 Å². The van der Waals surface area contributed by atoms with Gasteiger partial charge >= 0.3 is 0 Å². The SMILES string of the molecule is Cc1c(S(=O)(=O)N2CC3(CCC3)C3COCC32)cnn1C. The minimum Gasteiger partial charge on any atom is -0.379 e. The number of nitrogens with zero attached hydrogens (tertiary/aromatic N) is 3. The van der Waals surface area contributed by atoms with Crippen molar-refractivity contribution in [1.82, 2.24) is 14.1 Å². The summed E-state index contributed by atoms with van der Waals surface area (Å²) in [5, 5.41) is 4.09. The van der Waals surface area contributed by atoms with Crippen molar-refractivity contribution in [2.24, 2.45) is 18.4 Å². The van der Waals surface area contributed by atoms with Gasteiger partial charge in [0.25, 0.3) is 0 Å². The van der Waals surface area contributed by atoms with E-state index in [1.807, 2.05) is 0 Å². The molecule has 21 heavy (non-hydrogen) atoms. The van der Waals surface area contributed by atoms with E-state index in [4.69, 9.17) is 4.74 Å². The lowest BCUT2D eigenvalue weighted by molar-refractivity contribution is 0.0601. The standard InChI is InChI=1S/C14H21N3O3S/c1-10-13(6-15-16(10)2)21(18,19)17-9-14(4-3-5-14)11-7-20-8-12(11)17/h6,11-12H,3-5,7-9H2,1-2H3. The summed E-state index contributed by atoms with van der Waals surface area (Å²) >= 11 is 0. The first-order chi connectivity index (χ1) is 9.96. The van der Waals surface area contributed by atoms with E-state index < -0.39 is 10.0 Å². The molecule has 3 fully saturated rings. The average molecular weight is 311 g/mol. The van der Waals surface area contributed by atoms with Crippen LogP contribution in [0.15, 0.2) is 11.1 Å². The number of rotatable bonds is 2. The van der Waals surface area contributed by atoms with Crippen LogP contribution in [0, 0.1) is 18.3 Å². The molecule has 2 saturated heterocycles. The molecule has 0 bridgehead atoms. The second-order valence-electron chi connectivity index (χ2n) is 6.70. The molecule has 1 aromatic heterocycles. The minimum atomic E-state index is -3.48. The normalized spacial score (nSPS) is 31.5. The lowest BCUT2D eigenvalue weighted by Gasteiger charge is -2.42. The van der Waals surface area contributed by atoms with Crippen molar-refractivity contribution in [2.45, 2.75) is 37.1 Å². The molecule has 2 unspecified atom stereocenters. The monoisotopic (exact) mass is 311 g/mol. The number of aromatic nitrogens is 2. The Morgan fingerprint density at radius 1 is 1.38 bits per heavy atom. The van der Waals surface area contributed by atoms with Crippen molar-refractivity contribution in [1.29, 1.82) is 0 Å². The van der Waals surface area contributed by atoms with Gasteiger partial charge in [-0.2, -0.15) is 9.40 Å². The van der Waals surface area contributed by atoms with Crippen LogP contribution < -0.4 is 0 Å². The highest BCUT2D eigenvalue weighted by molar-refractivity contribution is 7.89. The molecule has 0 N–H and O–H groups in total. The maximum atomic E-state index is 13.1. The van der Waals surface area contributed by atoms with Gasteiger partial charge in [0.15, 0.2) is 0 Å². The van der Waals surface area contributed by atoms with E-state index in [2.05, 4.69) is 5.10 Å². The van der Waals surface area contributed by atoms with Gasteiger partial charge in [-0.05, 0) is 25.2 Å². The summed E-state index contributed by atoms with van der Waals surface area (Å²) in [4.78, 5) is 0.340. The van der Waals surface area contributed by atoms with Crippen molar-refractivity contribution in [3.05, 3.63) is 11.9 Å². The van der Waals surface area contributed by atoms with Gasteiger partial charge in [-0.25, -0.2) is 8.42 Å². The summed E-state index contributed by atoms with van der Waals surface area (Å²) in [5.74, 6) is 0.373. The summed E-state index contributed by atoms with van der Waals surface area (Å²) in [6.45, 7) is 3.70. The third-order valence-electron chi connectivity index (χ3n) is 5.80. The van der Waals surface area contributed by atoms with Gasteiger partial charge in [-0.1, -0.05) is 6.42 Å². The van der Waals surface area contributed by atoms with E-state index in [1.54, 1.807) is 23.0 Å². The fourth-order valence-corrected chi connectivity index (χ4v) is 6.17. The summed E-state index contributed by atoms with van der Waals surface area (Å²) in [7, 11) is -1.71. The van der Waals surface area contributed by atoms with Crippen LogP contribution in [0.4, 0.5) is 0 Å². The van der Waals surface area contributed by atoms with Gasteiger partial charge in [0.2, 0.25) is 10.0 Å². The van der Waals surface area contributed by atoms with Crippen LogP contribution in [0.3, 0.4) is 0 Å². The number of sulfonamides is 1. The molecule has 0 aromatic carbocycles. The predicted octanol–water partition coefficient (Wildman–Crippen LogP) is 0.918. The highest BCUT2D eigenvalue weighted by Gasteiger charge is 2.60. The fraction of sp³-hybridized carbons (Fsp3) is 0.786. The van der Waals surface area contributed by atoms with Gasteiger partial charge in [0, 0.05) is 19.5 Å². The lowest BCUT2D eigenvalue weighted by atomic mass is 9.62. The second kappa shape index (κ2) is 4.30. The van der Waals surface area contributed by atoms with Crippen LogP contribution >= 0.6 is 0 Å². The van der Waals surface area contributed by atoms with E-state index >= 15 is 0 Å². The molecular formula is C14H21N3O3S. The quantitative estimate of drug-likeness (QED) is 0.814. The van der Waals surface area contributed by atoms with Crippen molar-refractivity contribution in [3.63, 3.8) is 0 Å². The van der Waals surface area contributed by atoms with Crippen LogP contribution in [0.25, 0.3) is 0 Å². The number of aryl methyl sites for hydroxylation is 1. The van der Waals surface area contributed by atoms with Gasteiger partial charge < -0.3 is 4.74 Å². The second-order valence-corrected chi connectivity index (χ2v) is 8.55. The molecule has 2 atom stereocenters. The van der Waals surface area contributed by atoms with Crippen LogP contribution in [-0.2, 0) is 21.8 Å². The van der Waals surface area contributed by atoms with Crippen molar-refractivity contribution < 1.29 is 13.2 Å². The van der Waals surface area contributed by atoms with Crippen molar-refractivity contribution in [3.8, 4) is 0 Å². The number of fused-ring (bicyclic) bond motifs is 2. The van der Waals surface area contributed by atoms with Gasteiger partial charge in [0.1, 0.15) is 4.90 Å². The van der Waals surface area contributed by atoms with Gasteiger partial charge in [-0.15, -0.1) is 0 Å². The summed E-state index contributed by atoms with van der Waals surface area (Å²) < 4.78 is 35.0. The third-order valence-corrected chi connectivity index (χ3v) is 7.78. The zero-order valence-corrected chi connectivity index (χ0v) is 13.3. The lowest BCUT2D eigenvalue weighted by Crippen LogP contribution is -2.39. The molecule has 0 radical (unpaired) electrons. The molecular weight excluding hydrogens is 290 g/mol. The Labute approximate surface area is 125 Å². The zero-order valence-electron chi connectivity index (χ0n) is 12.4. The molecule has 1 saturated carbocycles. The van der Waals surface area contributed by atoms with E-state index in [0.717, 1.165) is 12.8 Å². The summed E-state index contributed by atoms with van der Waals surface area (Å²) in [6, 6.07) is 0.00917. The average Bonchev–Trinajstić information content (AvgIpc) is 3.03. The van der Waals surface area contributed by atoms with Crippen LogP contribution in [0.2, 0.25) is 0 Å². The Morgan fingerprint density at radius 3 is 2.71 bits per heavy atom. The molecule has 6 nitrogen and oxygen atoms in total. The largest absolute Gasteiger partial charge is 0.379 e. The van der Waals surface area contributed by atoms with Gasteiger partial charge in [0.05, 0.1) is 31.1 Å². The molecule has 1 spiro atoms. The Kier molecular flexibility index (Phi) is 2.81. The maximum Gasteiger partial charge on any atom is 0.246 e. The van der Waals surface area contributed by atoms with Gasteiger partial charge in [-0.3, -0.25) is 4.68 Å². The zero-order chi connectivity index (χ0) is 14.8. The minimum absolute atomic E-state index is 0.00917. The molecule has 1 aromatic rings. The first-order valence-electron chi connectivity index (χ1n) is 7.54. The first kappa shape index (κ1) is 13.7. The molecule has 7 heteroatoms. The predicted molar refractivity (Wildman–Crippen MR) is 76.2 cm³/mol.